The normalized spacial score (nSPS) is 12.8. The lowest BCUT2D eigenvalue weighted by Gasteiger charge is -2.15. The molecule has 3 aromatic rings. The number of sulfonamides is 1. The molecule has 3 aromatic carbocycles. The van der Waals surface area contributed by atoms with Crippen molar-refractivity contribution < 1.29 is 23.4 Å². The van der Waals surface area contributed by atoms with Gasteiger partial charge in [0.15, 0.2) is 0 Å². The molecule has 0 saturated heterocycles. The number of carbonyl (C=O) groups is 1. The molecule has 26 heavy (non-hydrogen) atoms. The molecule has 7 heteroatoms. The molecule has 0 fully saturated rings. The summed E-state index contributed by atoms with van der Waals surface area (Å²) in [6.07, 6.45) is 0.0385. The van der Waals surface area contributed by atoms with Gasteiger partial charge in [-0.25, -0.2) is 8.42 Å². The molecule has 0 radical (unpaired) electrons. The molecule has 6 nitrogen and oxygen atoms in total. The van der Waals surface area contributed by atoms with E-state index in [4.69, 9.17) is 0 Å². The van der Waals surface area contributed by atoms with E-state index in [-0.39, 0.29) is 17.1 Å². The molecule has 3 N–H and O–H groups in total. The van der Waals surface area contributed by atoms with Gasteiger partial charge < -0.3 is 10.2 Å². The highest BCUT2D eigenvalue weighted by Crippen LogP contribution is 2.23. The van der Waals surface area contributed by atoms with Crippen LogP contribution in [-0.4, -0.2) is 30.6 Å². The summed E-state index contributed by atoms with van der Waals surface area (Å²) in [5.74, 6) is -1.16. The van der Waals surface area contributed by atoms with Gasteiger partial charge >= 0.3 is 5.97 Å². The fourth-order valence-corrected chi connectivity index (χ4v) is 3.89. The van der Waals surface area contributed by atoms with E-state index in [1.54, 1.807) is 42.5 Å². The number of benzene rings is 3. The predicted molar refractivity (Wildman–Crippen MR) is 97.5 cm³/mol. The molecule has 0 saturated carbocycles. The summed E-state index contributed by atoms with van der Waals surface area (Å²) >= 11 is 0. The van der Waals surface area contributed by atoms with Gasteiger partial charge in [0.25, 0.3) is 0 Å². The highest BCUT2D eigenvalue weighted by atomic mass is 32.2. The van der Waals surface area contributed by atoms with E-state index in [2.05, 4.69) is 4.72 Å². The minimum atomic E-state index is -4.02. The van der Waals surface area contributed by atoms with E-state index in [0.717, 1.165) is 5.56 Å². The Morgan fingerprint density at radius 1 is 0.962 bits per heavy atom. The first kappa shape index (κ1) is 17.9. The molecular weight excluding hydrogens is 354 g/mol. The lowest BCUT2D eigenvalue weighted by molar-refractivity contribution is -0.138. The predicted octanol–water partition coefficient (Wildman–Crippen LogP) is 2.52. The minimum absolute atomic E-state index is 0.0324. The van der Waals surface area contributed by atoms with Crippen LogP contribution in [0.2, 0.25) is 0 Å². The molecule has 0 aliphatic heterocycles. The number of aromatic hydroxyl groups is 1. The van der Waals surface area contributed by atoms with Crippen molar-refractivity contribution in [2.24, 2.45) is 0 Å². The Balaban J connectivity index is 1.88. The van der Waals surface area contributed by atoms with Crippen LogP contribution in [0, 0.1) is 0 Å². The number of aliphatic carboxylic acids is 1. The van der Waals surface area contributed by atoms with Gasteiger partial charge in [-0.05, 0) is 47.0 Å². The van der Waals surface area contributed by atoms with Crippen LogP contribution < -0.4 is 4.72 Å². The Kier molecular flexibility index (Phi) is 4.92. The van der Waals surface area contributed by atoms with Crippen molar-refractivity contribution in [2.45, 2.75) is 17.4 Å². The Hall–Kier alpha value is -2.90. The third-order valence-electron chi connectivity index (χ3n) is 3.98. The summed E-state index contributed by atoms with van der Waals surface area (Å²) in [5, 5.41) is 20.2. The number of phenolic OH excluding ortho intramolecular Hbond substituents is 1. The smallest absolute Gasteiger partial charge is 0.322 e. The molecule has 0 heterocycles. The Morgan fingerprint density at radius 3 is 2.31 bits per heavy atom. The first-order valence-electron chi connectivity index (χ1n) is 7.87. The highest BCUT2D eigenvalue weighted by molar-refractivity contribution is 7.89. The van der Waals surface area contributed by atoms with Gasteiger partial charge in [0.05, 0.1) is 4.90 Å². The van der Waals surface area contributed by atoms with Crippen LogP contribution in [0.15, 0.2) is 71.6 Å². The van der Waals surface area contributed by atoms with Crippen molar-refractivity contribution in [1.29, 1.82) is 0 Å². The van der Waals surface area contributed by atoms with E-state index in [1.165, 1.54) is 24.3 Å². The van der Waals surface area contributed by atoms with Gasteiger partial charge in [-0.3, -0.25) is 4.79 Å². The Morgan fingerprint density at radius 2 is 1.62 bits per heavy atom. The molecule has 0 bridgehead atoms. The number of fused-ring (bicyclic) bond motifs is 1. The van der Waals surface area contributed by atoms with E-state index < -0.39 is 22.0 Å². The van der Waals surface area contributed by atoms with Crippen LogP contribution in [0.25, 0.3) is 10.8 Å². The molecule has 1 atom stereocenters. The Labute approximate surface area is 150 Å². The molecule has 0 spiro atoms. The van der Waals surface area contributed by atoms with Gasteiger partial charge in [0, 0.05) is 0 Å². The first-order chi connectivity index (χ1) is 12.3. The summed E-state index contributed by atoms with van der Waals surface area (Å²) < 4.78 is 27.5. The summed E-state index contributed by atoms with van der Waals surface area (Å²) in [6.45, 7) is 0. The van der Waals surface area contributed by atoms with Crippen molar-refractivity contribution in [3.8, 4) is 5.75 Å². The van der Waals surface area contributed by atoms with Gasteiger partial charge in [0.1, 0.15) is 11.8 Å². The zero-order valence-corrected chi connectivity index (χ0v) is 14.5. The van der Waals surface area contributed by atoms with Crippen molar-refractivity contribution in [2.75, 3.05) is 0 Å². The van der Waals surface area contributed by atoms with E-state index in [9.17, 15) is 23.4 Å². The molecule has 134 valence electrons. The fourth-order valence-electron chi connectivity index (χ4n) is 2.66. The SMILES string of the molecule is O=C(O)C(Cc1ccccc1)NS(=O)(=O)c1ccc2cc(O)ccc2c1. The largest absolute Gasteiger partial charge is 0.508 e. The molecule has 1 unspecified atom stereocenters. The average molecular weight is 371 g/mol. The number of hydrogen-bond acceptors (Lipinski definition) is 4. The maximum Gasteiger partial charge on any atom is 0.322 e. The Bertz CT molecular complexity index is 1050. The van der Waals surface area contributed by atoms with E-state index in [0.29, 0.717) is 10.8 Å². The van der Waals surface area contributed by atoms with Crippen molar-refractivity contribution in [3.05, 3.63) is 72.3 Å². The molecule has 0 aromatic heterocycles. The number of rotatable bonds is 6. The third-order valence-corrected chi connectivity index (χ3v) is 5.45. The van der Waals surface area contributed by atoms with E-state index >= 15 is 0 Å². The van der Waals surface area contributed by atoms with Crippen LogP contribution in [0.5, 0.6) is 5.75 Å². The van der Waals surface area contributed by atoms with Crippen molar-refractivity contribution >= 4 is 26.8 Å². The summed E-state index contributed by atoms with van der Waals surface area (Å²) in [7, 11) is -4.02. The van der Waals surface area contributed by atoms with Gasteiger partial charge in [-0.15, -0.1) is 0 Å². The minimum Gasteiger partial charge on any atom is -0.508 e. The van der Waals surface area contributed by atoms with Gasteiger partial charge in [-0.1, -0.05) is 42.5 Å². The summed E-state index contributed by atoms with van der Waals surface area (Å²) in [4.78, 5) is 11.5. The van der Waals surface area contributed by atoms with Crippen LogP contribution >= 0.6 is 0 Å². The standard InChI is InChI=1S/C19H17NO5S/c21-16-8-6-15-12-17(9-7-14(15)11-16)26(24,25)20-18(19(22)23)10-13-4-2-1-3-5-13/h1-9,11-12,18,20-21H,10H2,(H,22,23). The lowest BCUT2D eigenvalue weighted by Crippen LogP contribution is -2.42. The second-order valence-electron chi connectivity index (χ2n) is 5.90. The number of phenols is 1. The van der Waals surface area contributed by atoms with Crippen molar-refractivity contribution in [1.82, 2.24) is 4.72 Å². The summed E-state index contributed by atoms with van der Waals surface area (Å²) in [6, 6.07) is 16.5. The maximum atomic E-state index is 12.6. The second-order valence-corrected chi connectivity index (χ2v) is 7.61. The van der Waals surface area contributed by atoms with E-state index in [1.807, 2.05) is 0 Å². The number of hydrogen-bond donors (Lipinski definition) is 3. The lowest BCUT2D eigenvalue weighted by atomic mass is 10.1. The topological polar surface area (TPSA) is 104 Å². The molecule has 3 rings (SSSR count). The average Bonchev–Trinajstić information content (AvgIpc) is 2.61. The zero-order chi connectivity index (χ0) is 18.7. The quantitative estimate of drug-likeness (QED) is 0.618. The maximum absolute atomic E-state index is 12.6. The summed E-state index contributed by atoms with van der Waals surface area (Å²) in [5.41, 5.74) is 0.719. The van der Waals surface area contributed by atoms with Crippen molar-refractivity contribution in [3.63, 3.8) is 0 Å². The highest BCUT2D eigenvalue weighted by Gasteiger charge is 2.25. The number of carboxylic acid groups (broad SMARTS) is 1. The second kappa shape index (κ2) is 7.15. The number of carboxylic acids is 1. The first-order valence-corrected chi connectivity index (χ1v) is 9.35. The monoisotopic (exact) mass is 371 g/mol. The molecule has 0 aliphatic rings. The zero-order valence-electron chi connectivity index (χ0n) is 13.7. The van der Waals surface area contributed by atoms with Crippen LogP contribution in [0.4, 0.5) is 0 Å². The van der Waals surface area contributed by atoms with Crippen LogP contribution in [0.1, 0.15) is 5.56 Å². The number of nitrogens with one attached hydrogen (secondary N) is 1. The van der Waals surface area contributed by atoms with Crippen LogP contribution in [-0.2, 0) is 21.2 Å². The molecule has 0 aliphatic carbocycles. The van der Waals surface area contributed by atoms with Gasteiger partial charge in [0.2, 0.25) is 10.0 Å². The third kappa shape index (κ3) is 4.01. The van der Waals surface area contributed by atoms with Crippen LogP contribution in [0.3, 0.4) is 0 Å². The molecule has 0 amide bonds. The fraction of sp³-hybridized carbons (Fsp3) is 0.105. The molecular formula is C19H17NO5S. The van der Waals surface area contributed by atoms with Gasteiger partial charge in [-0.2, -0.15) is 4.72 Å².